The number of likely N-dealkylation sites (tertiary alicyclic amines) is 1. The second kappa shape index (κ2) is 6.13. The third-order valence-corrected chi connectivity index (χ3v) is 4.69. The number of hydrogen-bond donors (Lipinski definition) is 1. The highest BCUT2D eigenvalue weighted by Gasteiger charge is 2.31. The summed E-state index contributed by atoms with van der Waals surface area (Å²) in [5, 5.41) is 11.7. The number of piperidine rings is 1. The van der Waals surface area contributed by atoms with Crippen molar-refractivity contribution < 1.29 is 4.79 Å². The number of rotatable bonds is 3. The summed E-state index contributed by atoms with van der Waals surface area (Å²) in [6.07, 6.45) is 5.90. The normalized spacial score (nSPS) is 24.0. The average Bonchev–Trinajstić information content (AvgIpc) is 3.18. The van der Waals surface area contributed by atoms with E-state index in [0.29, 0.717) is 12.0 Å². The zero-order valence-electron chi connectivity index (χ0n) is 13.0. The van der Waals surface area contributed by atoms with Gasteiger partial charge in [-0.25, -0.2) is 0 Å². The fourth-order valence-corrected chi connectivity index (χ4v) is 3.42. The minimum Gasteiger partial charge on any atom is -0.341 e. The molecule has 3 rings (SSSR count). The van der Waals surface area contributed by atoms with Crippen LogP contribution in [0.15, 0.2) is 6.33 Å². The summed E-state index contributed by atoms with van der Waals surface area (Å²) >= 11 is 0. The number of nitrogens with one attached hydrogen (secondary N) is 1. The Balaban J connectivity index is 1.59. The van der Waals surface area contributed by atoms with Crippen molar-refractivity contribution in [2.75, 3.05) is 19.6 Å². The lowest BCUT2D eigenvalue weighted by molar-refractivity contribution is -0.134. The molecule has 21 heavy (non-hydrogen) atoms. The highest BCUT2D eigenvalue weighted by Crippen LogP contribution is 2.28. The Hall–Kier alpha value is -1.43. The van der Waals surface area contributed by atoms with Crippen molar-refractivity contribution in [3.8, 4) is 0 Å². The van der Waals surface area contributed by atoms with Gasteiger partial charge in [-0.3, -0.25) is 4.79 Å². The van der Waals surface area contributed by atoms with Crippen molar-refractivity contribution in [1.82, 2.24) is 25.0 Å². The van der Waals surface area contributed by atoms with E-state index in [1.807, 2.05) is 11.2 Å². The third-order valence-electron chi connectivity index (χ3n) is 4.69. The van der Waals surface area contributed by atoms with Crippen LogP contribution in [0.25, 0.3) is 0 Å². The van der Waals surface area contributed by atoms with E-state index in [4.69, 9.17) is 0 Å². The van der Waals surface area contributed by atoms with Crippen molar-refractivity contribution in [3.05, 3.63) is 12.2 Å². The van der Waals surface area contributed by atoms with Crippen molar-refractivity contribution in [2.24, 2.45) is 0 Å². The molecule has 2 aliphatic rings. The van der Waals surface area contributed by atoms with E-state index >= 15 is 0 Å². The molecule has 0 bridgehead atoms. The molecule has 2 aliphatic heterocycles. The summed E-state index contributed by atoms with van der Waals surface area (Å²) in [5.41, 5.74) is 0. The predicted molar refractivity (Wildman–Crippen MR) is 80.0 cm³/mol. The molecule has 2 fully saturated rings. The van der Waals surface area contributed by atoms with Crippen molar-refractivity contribution in [3.63, 3.8) is 0 Å². The van der Waals surface area contributed by atoms with Crippen LogP contribution in [0, 0.1) is 0 Å². The first kappa shape index (κ1) is 14.5. The van der Waals surface area contributed by atoms with Crippen LogP contribution in [-0.4, -0.2) is 51.2 Å². The average molecular weight is 291 g/mol. The Morgan fingerprint density at radius 3 is 2.71 bits per heavy atom. The molecule has 0 saturated carbocycles. The van der Waals surface area contributed by atoms with Gasteiger partial charge in [-0.15, -0.1) is 10.2 Å². The molecule has 3 heterocycles. The Morgan fingerprint density at radius 2 is 2.10 bits per heavy atom. The molecule has 0 radical (unpaired) electrons. The maximum atomic E-state index is 12.4. The fourth-order valence-electron chi connectivity index (χ4n) is 3.42. The Bertz CT molecular complexity index is 484. The quantitative estimate of drug-likeness (QED) is 0.912. The standard InChI is InChI=1S/C15H25N5O/c1-11(2)20-10-17-18-14(20)12-5-8-19(9-6-12)15(21)13-4-3-7-16-13/h10-13,16H,3-9H2,1-2H3/t13-/m1/s1. The third kappa shape index (κ3) is 2.95. The number of nitrogens with zero attached hydrogens (tertiary/aromatic N) is 4. The van der Waals surface area contributed by atoms with E-state index in [1.165, 1.54) is 0 Å². The molecular weight excluding hydrogens is 266 g/mol. The fraction of sp³-hybridized carbons (Fsp3) is 0.800. The van der Waals surface area contributed by atoms with E-state index in [2.05, 4.69) is 33.9 Å². The van der Waals surface area contributed by atoms with Gasteiger partial charge in [-0.05, 0) is 46.1 Å². The summed E-state index contributed by atoms with van der Waals surface area (Å²) in [6, 6.07) is 0.443. The topological polar surface area (TPSA) is 63.1 Å². The predicted octanol–water partition coefficient (Wildman–Crippen LogP) is 1.32. The maximum absolute atomic E-state index is 12.4. The first-order chi connectivity index (χ1) is 10.2. The molecule has 1 N–H and O–H groups in total. The monoisotopic (exact) mass is 291 g/mol. The van der Waals surface area contributed by atoms with Gasteiger partial charge in [-0.1, -0.05) is 0 Å². The van der Waals surface area contributed by atoms with Crippen LogP contribution in [0.3, 0.4) is 0 Å². The molecule has 1 atom stereocenters. The van der Waals surface area contributed by atoms with E-state index in [-0.39, 0.29) is 11.9 Å². The van der Waals surface area contributed by atoms with Gasteiger partial charge in [-0.2, -0.15) is 0 Å². The smallest absolute Gasteiger partial charge is 0.239 e. The Labute approximate surface area is 125 Å². The minimum absolute atomic E-state index is 0.0564. The number of aromatic nitrogens is 3. The lowest BCUT2D eigenvalue weighted by atomic mass is 9.95. The molecule has 0 unspecified atom stereocenters. The van der Waals surface area contributed by atoms with Gasteiger partial charge >= 0.3 is 0 Å². The molecule has 6 heteroatoms. The molecule has 1 aromatic rings. The van der Waals surface area contributed by atoms with Gasteiger partial charge in [0.15, 0.2) is 0 Å². The zero-order chi connectivity index (χ0) is 14.8. The number of carbonyl (C=O) groups excluding carboxylic acids is 1. The second-order valence-electron chi connectivity index (χ2n) is 6.44. The minimum atomic E-state index is 0.0564. The lowest BCUT2D eigenvalue weighted by Gasteiger charge is -2.33. The number of carbonyl (C=O) groups is 1. The largest absolute Gasteiger partial charge is 0.341 e. The van der Waals surface area contributed by atoms with Crippen LogP contribution < -0.4 is 5.32 Å². The first-order valence-electron chi connectivity index (χ1n) is 8.08. The van der Waals surface area contributed by atoms with E-state index in [0.717, 1.165) is 51.1 Å². The highest BCUT2D eigenvalue weighted by atomic mass is 16.2. The number of amides is 1. The molecule has 2 saturated heterocycles. The maximum Gasteiger partial charge on any atom is 0.239 e. The number of hydrogen-bond acceptors (Lipinski definition) is 4. The second-order valence-corrected chi connectivity index (χ2v) is 6.44. The van der Waals surface area contributed by atoms with Gasteiger partial charge in [0.05, 0.1) is 6.04 Å². The zero-order valence-corrected chi connectivity index (χ0v) is 13.0. The Kier molecular flexibility index (Phi) is 4.24. The van der Waals surface area contributed by atoms with Gasteiger partial charge in [0.1, 0.15) is 12.2 Å². The van der Waals surface area contributed by atoms with Crippen LogP contribution in [-0.2, 0) is 4.79 Å². The first-order valence-corrected chi connectivity index (χ1v) is 8.08. The molecular formula is C15H25N5O. The Morgan fingerprint density at radius 1 is 1.33 bits per heavy atom. The van der Waals surface area contributed by atoms with Crippen LogP contribution >= 0.6 is 0 Å². The summed E-state index contributed by atoms with van der Waals surface area (Å²) in [4.78, 5) is 14.4. The van der Waals surface area contributed by atoms with Crippen LogP contribution in [0.2, 0.25) is 0 Å². The molecule has 6 nitrogen and oxygen atoms in total. The van der Waals surface area contributed by atoms with Crippen LogP contribution in [0.1, 0.15) is 57.3 Å². The molecule has 0 spiro atoms. The van der Waals surface area contributed by atoms with E-state index < -0.39 is 0 Å². The lowest BCUT2D eigenvalue weighted by Crippen LogP contribution is -2.46. The molecule has 1 aromatic heterocycles. The highest BCUT2D eigenvalue weighted by molar-refractivity contribution is 5.82. The van der Waals surface area contributed by atoms with Gasteiger partial charge in [0, 0.05) is 25.0 Å². The van der Waals surface area contributed by atoms with Gasteiger partial charge < -0.3 is 14.8 Å². The van der Waals surface area contributed by atoms with E-state index in [9.17, 15) is 4.79 Å². The molecule has 0 aromatic carbocycles. The van der Waals surface area contributed by atoms with Crippen LogP contribution in [0.5, 0.6) is 0 Å². The molecule has 116 valence electrons. The summed E-state index contributed by atoms with van der Waals surface area (Å²) in [7, 11) is 0. The molecule has 0 aliphatic carbocycles. The van der Waals surface area contributed by atoms with Crippen molar-refractivity contribution >= 4 is 5.91 Å². The SMILES string of the molecule is CC(C)n1cnnc1C1CCN(C(=O)[C@H]2CCCN2)CC1. The molecule has 1 amide bonds. The van der Waals surface area contributed by atoms with Crippen molar-refractivity contribution in [2.45, 2.75) is 57.5 Å². The van der Waals surface area contributed by atoms with E-state index in [1.54, 1.807) is 0 Å². The summed E-state index contributed by atoms with van der Waals surface area (Å²) in [6.45, 7) is 6.96. The van der Waals surface area contributed by atoms with Gasteiger partial charge in [0.25, 0.3) is 0 Å². The van der Waals surface area contributed by atoms with Crippen molar-refractivity contribution in [1.29, 1.82) is 0 Å². The van der Waals surface area contributed by atoms with Gasteiger partial charge in [0.2, 0.25) is 5.91 Å². The summed E-state index contributed by atoms with van der Waals surface area (Å²) < 4.78 is 2.15. The van der Waals surface area contributed by atoms with Crippen LogP contribution in [0.4, 0.5) is 0 Å². The summed E-state index contributed by atoms with van der Waals surface area (Å²) in [5.74, 6) is 1.79.